The molecule has 0 N–H and O–H groups in total. The van der Waals surface area contributed by atoms with Crippen molar-refractivity contribution in [3.05, 3.63) is 29.1 Å². The molecule has 0 fully saturated rings. The molecular formula is C9H6F2S2. The minimum Gasteiger partial charge on any atom is -0.205 e. The number of hydrogen-bond acceptors (Lipinski definition) is 2. The molecule has 0 spiro atoms. The molecule has 13 heavy (non-hydrogen) atoms. The predicted octanol–water partition coefficient (Wildman–Crippen LogP) is 3.90. The van der Waals surface area contributed by atoms with Crippen molar-refractivity contribution in [2.24, 2.45) is 0 Å². The van der Waals surface area contributed by atoms with Gasteiger partial charge in [-0.1, -0.05) is 0 Å². The fraction of sp³-hybridized carbons (Fsp3) is 0.111. The Bertz CT molecular complexity index is 448. The van der Waals surface area contributed by atoms with Gasteiger partial charge >= 0.3 is 0 Å². The Morgan fingerprint density at radius 3 is 2.77 bits per heavy atom. The van der Waals surface area contributed by atoms with Gasteiger partial charge in [0.25, 0.3) is 0 Å². The summed E-state index contributed by atoms with van der Waals surface area (Å²) >= 11 is 2.30. The van der Waals surface area contributed by atoms with Crippen LogP contribution in [-0.4, -0.2) is 6.26 Å². The SMILES string of the molecule is CSc1ccc2sc(F)cc2c1F. The van der Waals surface area contributed by atoms with E-state index in [0.717, 1.165) is 11.3 Å². The van der Waals surface area contributed by atoms with Crippen LogP contribution in [0.5, 0.6) is 0 Å². The van der Waals surface area contributed by atoms with Gasteiger partial charge in [0, 0.05) is 15.0 Å². The smallest absolute Gasteiger partial charge is 0.177 e. The third-order valence-corrected chi connectivity index (χ3v) is 3.43. The topological polar surface area (TPSA) is 0 Å². The highest BCUT2D eigenvalue weighted by molar-refractivity contribution is 7.98. The number of rotatable bonds is 1. The van der Waals surface area contributed by atoms with Gasteiger partial charge in [0.2, 0.25) is 0 Å². The molecule has 1 aromatic heterocycles. The van der Waals surface area contributed by atoms with Crippen LogP contribution in [0, 0.1) is 10.9 Å². The third-order valence-electron chi connectivity index (χ3n) is 1.79. The first kappa shape index (κ1) is 8.97. The monoisotopic (exact) mass is 216 g/mol. The van der Waals surface area contributed by atoms with Crippen molar-refractivity contribution in [1.82, 2.24) is 0 Å². The van der Waals surface area contributed by atoms with Crippen LogP contribution in [0.3, 0.4) is 0 Å². The van der Waals surface area contributed by atoms with Crippen LogP contribution in [0.1, 0.15) is 0 Å². The number of halogens is 2. The molecule has 0 nitrogen and oxygen atoms in total. The van der Waals surface area contributed by atoms with Gasteiger partial charge < -0.3 is 0 Å². The Balaban J connectivity index is 2.78. The number of benzene rings is 1. The zero-order chi connectivity index (χ0) is 9.42. The van der Waals surface area contributed by atoms with Gasteiger partial charge in [-0.15, -0.1) is 23.1 Å². The molecule has 0 bridgehead atoms. The second-order valence-electron chi connectivity index (χ2n) is 2.54. The molecule has 68 valence electrons. The molecule has 0 saturated carbocycles. The molecule has 1 heterocycles. The molecular weight excluding hydrogens is 210 g/mol. The van der Waals surface area contributed by atoms with Crippen LogP contribution in [0.2, 0.25) is 0 Å². The van der Waals surface area contributed by atoms with Crippen LogP contribution < -0.4 is 0 Å². The summed E-state index contributed by atoms with van der Waals surface area (Å²) in [5.41, 5.74) is 0. The first-order chi connectivity index (χ1) is 6.22. The van der Waals surface area contributed by atoms with Crippen molar-refractivity contribution in [2.75, 3.05) is 6.26 Å². The summed E-state index contributed by atoms with van der Waals surface area (Å²) in [5.74, 6) is -0.315. The second kappa shape index (κ2) is 3.27. The van der Waals surface area contributed by atoms with E-state index in [2.05, 4.69) is 0 Å². The minimum absolute atomic E-state index is 0.315. The molecule has 0 atom stereocenters. The van der Waals surface area contributed by atoms with Crippen molar-refractivity contribution in [2.45, 2.75) is 4.90 Å². The van der Waals surface area contributed by atoms with E-state index in [1.807, 2.05) is 0 Å². The molecule has 0 aliphatic carbocycles. The molecule has 2 aromatic rings. The van der Waals surface area contributed by atoms with Crippen molar-refractivity contribution in [3.8, 4) is 0 Å². The largest absolute Gasteiger partial charge is 0.205 e. The van der Waals surface area contributed by atoms with Crippen LogP contribution in [0.25, 0.3) is 10.1 Å². The lowest BCUT2D eigenvalue weighted by Gasteiger charge is -1.98. The zero-order valence-electron chi connectivity index (χ0n) is 6.80. The maximum Gasteiger partial charge on any atom is 0.177 e. The Morgan fingerprint density at radius 1 is 1.31 bits per heavy atom. The molecule has 1 aromatic carbocycles. The first-order valence-electron chi connectivity index (χ1n) is 3.64. The highest BCUT2D eigenvalue weighted by Crippen LogP contribution is 2.31. The number of fused-ring (bicyclic) bond motifs is 1. The quantitative estimate of drug-likeness (QED) is 0.651. The van der Waals surface area contributed by atoms with Crippen molar-refractivity contribution in [1.29, 1.82) is 0 Å². The molecule has 0 radical (unpaired) electrons. The number of thioether (sulfide) groups is 1. The fourth-order valence-corrected chi connectivity index (χ4v) is 2.46. The maximum absolute atomic E-state index is 13.5. The summed E-state index contributed by atoms with van der Waals surface area (Å²) in [6, 6.07) is 4.67. The summed E-state index contributed by atoms with van der Waals surface area (Å²) in [4.78, 5) is 0.560. The van der Waals surface area contributed by atoms with E-state index >= 15 is 0 Å². The third kappa shape index (κ3) is 1.44. The average molecular weight is 216 g/mol. The van der Waals surface area contributed by atoms with E-state index in [1.54, 1.807) is 18.4 Å². The Hall–Kier alpha value is -0.610. The van der Waals surface area contributed by atoms with Gasteiger partial charge in [-0.3, -0.25) is 0 Å². The molecule has 2 rings (SSSR count). The van der Waals surface area contributed by atoms with Crippen LogP contribution >= 0.6 is 23.1 Å². The van der Waals surface area contributed by atoms with E-state index in [9.17, 15) is 8.78 Å². The van der Waals surface area contributed by atoms with Crippen molar-refractivity contribution < 1.29 is 8.78 Å². The van der Waals surface area contributed by atoms with E-state index in [1.165, 1.54) is 17.8 Å². The molecule has 0 saturated heterocycles. The summed E-state index contributed by atoms with van der Waals surface area (Å²) in [6.45, 7) is 0. The predicted molar refractivity (Wildman–Crippen MR) is 53.5 cm³/mol. The lowest BCUT2D eigenvalue weighted by atomic mass is 10.2. The van der Waals surface area contributed by atoms with E-state index < -0.39 is 0 Å². The highest BCUT2D eigenvalue weighted by Gasteiger charge is 2.09. The van der Waals surface area contributed by atoms with E-state index in [4.69, 9.17) is 0 Å². The number of thiophene rings is 1. The highest BCUT2D eigenvalue weighted by atomic mass is 32.2. The Labute approximate surface area is 82.6 Å². The van der Waals surface area contributed by atoms with Gasteiger partial charge in [-0.2, -0.15) is 4.39 Å². The maximum atomic E-state index is 13.5. The van der Waals surface area contributed by atoms with Crippen molar-refractivity contribution in [3.63, 3.8) is 0 Å². The standard InChI is InChI=1S/C9H6F2S2/c1-12-7-3-2-6-5(9(7)11)4-8(10)13-6/h2-4H,1H3. The first-order valence-corrected chi connectivity index (χ1v) is 5.68. The molecule has 0 unspecified atom stereocenters. The van der Waals surface area contributed by atoms with E-state index in [0.29, 0.717) is 15.0 Å². The van der Waals surface area contributed by atoms with Crippen LogP contribution in [-0.2, 0) is 0 Å². The van der Waals surface area contributed by atoms with Gasteiger partial charge in [0.05, 0.1) is 0 Å². The molecule has 0 amide bonds. The van der Waals surface area contributed by atoms with Crippen molar-refractivity contribution >= 4 is 33.2 Å². The zero-order valence-corrected chi connectivity index (χ0v) is 8.44. The molecule has 0 aliphatic rings. The average Bonchev–Trinajstić information content (AvgIpc) is 2.47. The summed E-state index contributed by atoms with van der Waals surface area (Å²) in [7, 11) is 0. The Kier molecular flexibility index (Phi) is 2.26. The Morgan fingerprint density at radius 2 is 2.08 bits per heavy atom. The summed E-state index contributed by atoms with van der Waals surface area (Å²) < 4.78 is 26.9. The van der Waals surface area contributed by atoms with Crippen LogP contribution in [0.15, 0.2) is 23.1 Å². The minimum atomic E-state index is -0.341. The molecule has 4 heteroatoms. The summed E-state index contributed by atoms with van der Waals surface area (Å²) in [5, 5.41) is 0.0431. The number of hydrogen-bond donors (Lipinski definition) is 0. The van der Waals surface area contributed by atoms with Gasteiger partial charge in [-0.05, 0) is 24.5 Å². The second-order valence-corrected chi connectivity index (χ2v) is 4.43. The van der Waals surface area contributed by atoms with Gasteiger partial charge in [0.15, 0.2) is 5.13 Å². The normalized spacial score (nSPS) is 11.0. The fourth-order valence-electron chi connectivity index (χ4n) is 1.18. The lowest BCUT2D eigenvalue weighted by molar-refractivity contribution is 0.613. The van der Waals surface area contributed by atoms with Crippen LogP contribution in [0.4, 0.5) is 8.78 Å². The lowest BCUT2D eigenvalue weighted by Crippen LogP contribution is -1.79. The summed E-state index contributed by atoms with van der Waals surface area (Å²) in [6.07, 6.45) is 1.80. The molecule has 0 aliphatic heterocycles. The van der Waals surface area contributed by atoms with Gasteiger partial charge in [-0.25, -0.2) is 4.39 Å². The van der Waals surface area contributed by atoms with Gasteiger partial charge in [0.1, 0.15) is 5.82 Å². The van der Waals surface area contributed by atoms with E-state index in [-0.39, 0.29) is 10.9 Å².